The number of carbonyl (C=O) groups excluding carboxylic acids is 1. The van der Waals surface area contributed by atoms with Crippen LogP contribution in [0.2, 0.25) is 5.02 Å². The van der Waals surface area contributed by atoms with E-state index in [4.69, 9.17) is 17.1 Å². The summed E-state index contributed by atoms with van der Waals surface area (Å²) in [5.41, 5.74) is 8.56. The quantitative estimate of drug-likeness (QED) is 0.383. The Morgan fingerprint density at radius 3 is 3.00 bits per heavy atom. The van der Waals surface area contributed by atoms with Crippen molar-refractivity contribution in [2.24, 2.45) is 5.11 Å². The van der Waals surface area contributed by atoms with Crippen molar-refractivity contribution in [1.82, 2.24) is 5.32 Å². The molecule has 1 amide bonds. The summed E-state index contributed by atoms with van der Waals surface area (Å²) in [6, 6.07) is 4.99. The van der Waals surface area contributed by atoms with Crippen LogP contribution in [0.4, 0.5) is 0 Å². The van der Waals surface area contributed by atoms with Crippen LogP contribution in [0.1, 0.15) is 16.8 Å². The van der Waals surface area contributed by atoms with Crippen LogP contribution in [-0.4, -0.2) is 19.0 Å². The third-order valence-electron chi connectivity index (χ3n) is 1.97. The Morgan fingerprint density at radius 1 is 1.59 bits per heavy atom. The zero-order valence-electron chi connectivity index (χ0n) is 8.86. The number of azide groups is 1. The first kappa shape index (κ1) is 13.8. The lowest BCUT2D eigenvalue weighted by Crippen LogP contribution is -2.24. The number of benzene rings is 1. The van der Waals surface area contributed by atoms with E-state index in [-0.39, 0.29) is 5.91 Å². The van der Waals surface area contributed by atoms with Crippen LogP contribution < -0.4 is 5.32 Å². The Balaban J connectivity index is 2.46. The predicted octanol–water partition coefficient (Wildman–Crippen LogP) is 3.53. The first-order chi connectivity index (χ1) is 8.15. The fourth-order valence-corrected chi connectivity index (χ4v) is 1.56. The van der Waals surface area contributed by atoms with Gasteiger partial charge in [0, 0.05) is 28.0 Å². The Bertz CT molecular complexity index is 460. The third-order valence-corrected chi connectivity index (χ3v) is 3.20. The highest BCUT2D eigenvalue weighted by Crippen LogP contribution is 2.22. The molecule has 0 atom stereocenters. The number of nitrogens with one attached hydrogen (secondary N) is 1. The topological polar surface area (TPSA) is 77.9 Å². The molecule has 0 aliphatic rings. The van der Waals surface area contributed by atoms with Gasteiger partial charge in [0.2, 0.25) is 0 Å². The van der Waals surface area contributed by atoms with Crippen molar-refractivity contribution in [3.8, 4) is 0 Å². The summed E-state index contributed by atoms with van der Waals surface area (Å²) >= 11 is 9.13. The number of hydrogen-bond acceptors (Lipinski definition) is 2. The fraction of sp³-hybridized carbons (Fsp3) is 0.300. The molecule has 17 heavy (non-hydrogen) atoms. The van der Waals surface area contributed by atoms with Crippen LogP contribution in [0.15, 0.2) is 27.8 Å². The normalized spacial score (nSPS) is 9.53. The fourth-order valence-electron chi connectivity index (χ4n) is 1.14. The predicted molar refractivity (Wildman–Crippen MR) is 70.1 cm³/mol. The average Bonchev–Trinajstić information content (AvgIpc) is 2.32. The molecule has 0 aliphatic carbocycles. The van der Waals surface area contributed by atoms with Gasteiger partial charge in [0.15, 0.2) is 0 Å². The molecule has 0 spiro atoms. The van der Waals surface area contributed by atoms with E-state index < -0.39 is 0 Å². The zero-order valence-corrected chi connectivity index (χ0v) is 11.2. The van der Waals surface area contributed by atoms with E-state index in [1.165, 1.54) is 0 Å². The molecule has 0 saturated heterocycles. The molecule has 5 nitrogen and oxygen atoms in total. The van der Waals surface area contributed by atoms with Crippen molar-refractivity contribution >= 4 is 33.4 Å². The minimum Gasteiger partial charge on any atom is -0.352 e. The molecule has 1 rings (SSSR count). The van der Waals surface area contributed by atoms with Gasteiger partial charge in [-0.05, 0) is 46.1 Å². The minimum atomic E-state index is -0.194. The van der Waals surface area contributed by atoms with Gasteiger partial charge in [0.25, 0.3) is 5.91 Å². The molecule has 1 aromatic rings. The Hall–Kier alpha value is -1.23. The molecular formula is C10H10BrClN4O. The second-order valence-corrected chi connectivity index (χ2v) is 4.45. The van der Waals surface area contributed by atoms with Gasteiger partial charge < -0.3 is 5.32 Å². The highest BCUT2D eigenvalue weighted by atomic mass is 79.9. The number of hydrogen-bond donors (Lipinski definition) is 1. The molecule has 0 bridgehead atoms. The van der Waals surface area contributed by atoms with Gasteiger partial charge in [-0.25, -0.2) is 0 Å². The smallest absolute Gasteiger partial charge is 0.251 e. The second-order valence-electron chi connectivity index (χ2n) is 3.19. The molecule has 1 N–H and O–H groups in total. The van der Waals surface area contributed by atoms with Crippen molar-refractivity contribution in [3.05, 3.63) is 43.7 Å². The van der Waals surface area contributed by atoms with Crippen molar-refractivity contribution in [3.63, 3.8) is 0 Å². The van der Waals surface area contributed by atoms with Gasteiger partial charge in [0.05, 0.1) is 5.02 Å². The van der Waals surface area contributed by atoms with Crippen LogP contribution in [0.5, 0.6) is 0 Å². The molecule has 0 fully saturated rings. The maximum absolute atomic E-state index is 11.7. The maximum Gasteiger partial charge on any atom is 0.251 e. The van der Waals surface area contributed by atoms with Crippen LogP contribution >= 0.6 is 27.5 Å². The summed E-state index contributed by atoms with van der Waals surface area (Å²) in [7, 11) is 0. The standard InChI is InChI=1S/C10H10BrClN4O/c11-8-3-2-7(6-9(8)12)10(17)14-4-1-5-15-16-13/h2-3,6H,1,4-5H2,(H,14,17). The van der Waals surface area contributed by atoms with Crippen molar-refractivity contribution < 1.29 is 4.79 Å². The largest absolute Gasteiger partial charge is 0.352 e. The highest BCUT2D eigenvalue weighted by Gasteiger charge is 2.06. The van der Waals surface area contributed by atoms with Crippen LogP contribution in [0.3, 0.4) is 0 Å². The molecule has 0 heterocycles. The van der Waals surface area contributed by atoms with E-state index in [1.54, 1.807) is 18.2 Å². The summed E-state index contributed by atoms with van der Waals surface area (Å²) in [6.45, 7) is 0.837. The lowest BCUT2D eigenvalue weighted by molar-refractivity contribution is 0.0953. The molecule has 0 aromatic heterocycles. The lowest BCUT2D eigenvalue weighted by atomic mass is 10.2. The van der Waals surface area contributed by atoms with Gasteiger partial charge in [-0.2, -0.15) is 0 Å². The monoisotopic (exact) mass is 316 g/mol. The highest BCUT2D eigenvalue weighted by molar-refractivity contribution is 9.10. The average molecular weight is 318 g/mol. The van der Waals surface area contributed by atoms with E-state index in [0.29, 0.717) is 30.1 Å². The summed E-state index contributed by atoms with van der Waals surface area (Å²) in [5, 5.41) is 6.57. The summed E-state index contributed by atoms with van der Waals surface area (Å²) in [6.07, 6.45) is 0.611. The van der Waals surface area contributed by atoms with E-state index in [0.717, 1.165) is 4.47 Å². The number of rotatable bonds is 5. The van der Waals surface area contributed by atoms with Gasteiger partial charge in [-0.15, -0.1) is 0 Å². The second kappa shape index (κ2) is 7.17. The van der Waals surface area contributed by atoms with Crippen molar-refractivity contribution in [2.75, 3.05) is 13.1 Å². The molecule has 0 radical (unpaired) electrons. The first-order valence-electron chi connectivity index (χ1n) is 4.89. The molecule has 0 saturated carbocycles. The summed E-state index contributed by atoms with van der Waals surface area (Å²) in [5.74, 6) is -0.194. The Morgan fingerprint density at radius 2 is 2.35 bits per heavy atom. The van der Waals surface area contributed by atoms with Crippen molar-refractivity contribution in [1.29, 1.82) is 0 Å². The maximum atomic E-state index is 11.7. The Labute approximate surface area is 112 Å². The van der Waals surface area contributed by atoms with Crippen LogP contribution in [0.25, 0.3) is 10.4 Å². The Kier molecular flexibility index (Phi) is 5.83. The summed E-state index contributed by atoms with van der Waals surface area (Å²) < 4.78 is 0.749. The third kappa shape index (κ3) is 4.65. The van der Waals surface area contributed by atoms with E-state index in [9.17, 15) is 4.79 Å². The van der Waals surface area contributed by atoms with Gasteiger partial charge in [-0.1, -0.05) is 16.7 Å². The molecule has 0 aliphatic heterocycles. The number of halogens is 2. The first-order valence-corrected chi connectivity index (χ1v) is 6.06. The number of amides is 1. The molecule has 0 unspecified atom stereocenters. The van der Waals surface area contributed by atoms with Gasteiger partial charge in [0.1, 0.15) is 0 Å². The molecular weight excluding hydrogens is 307 g/mol. The van der Waals surface area contributed by atoms with Gasteiger partial charge in [-0.3, -0.25) is 4.79 Å². The molecule has 90 valence electrons. The minimum absolute atomic E-state index is 0.194. The van der Waals surface area contributed by atoms with Crippen LogP contribution in [0, 0.1) is 0 Å². The number of nitrogens with zero attached hydrogens (tertiary/aromatic N) is 3. The SMILES string of the molecule is [N-]=[N+]=NCCCNC(=O)c1ccc(Br)c(Cl)c1. The number of carbonyl (C=O) groups is 1. The van der Waals surface area contributed by atoms with E-state index >= 15 is 0 Å². The zero-order chi connectivity index (χ0) is 12.7. The van der Waals surface area contributed by atoms with E-state index in [2.05, 4.69) is 31.3 Å². The van der Waals surface area contributed by atoms with Crippen molar-refractivity contribution in [2.45, 2.75) is 6.42 Å². The van der Waals surface area contributed by atoms with E-state index in [1.807, 2.05) is 0 Å². The molecule has 1 aromatic carbocycles. The molecule has 7 heteroatoms. The lowest BCUT2D eigenvalue weighted by Gasteiger charge is -2.05. The van der Waals surface area contributed by atoms with Gasteiger partial charge >= 0.3 is 0 Å². The van der Waals surface area contributed by atoms with Crippen LogP contribution in [-0.2, 0) is 0 Å². The summed E-state index contributed by atoms with van der Waals surface area (Å²) in [4.78, 5) is 14.3.